The number of nitrogens with zero attached hydrogens (tertiary/aromatic N) is 3. The summed E-state index contributed by atoms with van der Waals surface area (Å²) in [6, 6.07) is 15.4. The average molecular weight is 547 g/mol. The highest BCUT2D eigenvalue weighted by Gasteiger charge is 2.13. The average Bonchev–Trinajstić information content (AvgIpc) is 2.79. The third-order valence-corrected chi connectivity index (χ3v) is 4.81. The van der Waals surface area contributed by atoms with Crippen molar-refractivity contribution in [3.05, 3.63) is 80.0 Å². The van der Waals surface area contributed by atoms with Crippen LogP contribution in [0, 0.1) is 13.7 Å². The number of rotatable bonds is 9. The summed E-state index contributed by atoms with van der Waals surface area (Å²) >= 11 is 2.08. The van der Waals surface area contributed by atoms with Gasteiger partial charge in [0.2, 0.25) is 0 Å². The van der Waals surface area contributed by atoms with E-state index in [1.54, 1.807) is 24.4 Å². The first-order valence-electron chi connectivity index (χ1n) is 9.21. The standard InChI is InChI=1S/C21H18IN5O5/c1-31-18-10-14(11-24-26-19-8-7-16(12-23-19)27(29)30)9-17(22)21(18)32-13-20(28)25-15-5-3-2-4-6-15/h2-12H,13H2,1H3,(H,23,26)(H,25,28)/b24-11+. The van der Waals surface area contributed by atoms with Crippen LogP contribution in [0.1, 0.15) is 5.56 Å². The van der Waals surface area contributed by atoms with Crippen molar-refractivity contribution in [3.8, 4) is 11.5 Å². The zero-order chi connectivity index (χ0) is 22.9. The highest BCUT2D eigenvalue weighted by molar-refractivity contribution is 14.1. The molecule has 0 saturated carbocycles. The number of carbonyl (C=O) groups is 1. The molecule has 0 atom stereocenters. The van der Waals surface area contributed by atoms with Crippen LogP contribution in [0.15, 0.2) is 65.9 Å². The van der Waals surface area contributed by atoms with Gasteiger partial charge in [0.1, 0.15) is 12.0 Å². The van der Waals surface area contributed by atoms with Gasteiger partial charge < -0.3 is 14.8 Å². The number of nitrogens with one attached hydrogen (secondary N) is 2. The molecule has 0 spiro atoms. The van der Waals surface area contributed by atoms with Crippen LogP contribution in [0.5, 0.6) is 11.5 Å². The van der Waals surface area contributed by atoms with Crippen molar-refractivity contribution in [3.63, 3.8) is 0 Å². The molecule has 0 fully saturated rings. The van der Waals surface area contributed by atoms with E-state index in [-0.39, 0.29) is 18.2 Å². The number of hydrogen-bond acceptors (Lipinski definition) is 8. The minimum atomic E-state index is -0.525. The summed E-state index contributed by atoms with van der Waals surface area (Å²) in [6.07, 6.45) is 2.68. The number of hydrazone groups is 1. The van der Waals surface area contributed by atoms with Crippen LogP contribution in [0.25, 0.3) is 0 Å². The lowest BCUT2D eigenvalue weighted by molar-refractivity contribution is -0.385. The first-order chi connectivity index (χ1) is 15.5. The predicted octanol–water partition coefficient (Wildman–Crippen LogP) is 4.07. The first-order valence-corrected chi connectivity index (χ1v) is 10.3. The molecule has 1 amide bonds. The topological polar surface area (TPSA) is 128 Å². The van der Waals surface area contributed by atoms with Gasteiger partial charge >= 0.3 is 0 Å². The first kappa shape index (κ1) is 22.9. The quantitative estimate of drug-likeness (QED) is 0.179. The Labute approximate surface area is 196 Å². The van der Waals surface area contributed by atoms with E-state index >= 15 is 0 Å². The highest BCUT2D eigenvalue weighted by Crippen LogP contribution is 2.33. The van der Waals surface area contributed by atoms with Gasteiger partial charge in [0.05, 0.1) is 21.8 Å². The summed E-state index contributed by atoms with van der Waals surface area (Å²) in [5.74, 6) is 0.954. The lowest BCUT2D eigenvalue weighted by Crippen LogP contribution is -2.20. The highest BCUT2D eigenvalue weighted by atomic mass is 127. The molecule has 0 aliphatic heterocycles. The van der Waals surface area contributed by atoms with Crippen molar-refractivity contribution >= 4 is 51.9 Å². The number of benzene rings is 2. The van der Waals surface area contributed by atoms with E-state index in [2.05, 4.69) is 43.4 Å². The molecule has 10 nitrogen and oxygen atoms in total. The monoisotopic (exact) mass is 547 g/mol. The van der Waals surface area contributed by atoms with Gasteiger partial charge in [-0.15, -0.1) is 0 Å². The normalized spacial score (nSPS) is 10.6. The summed E-state index contributed by atoms with van der Waals surface area (Å²) in [7, 11) is 1.50. The molecular formula is C21H18IN5O5. The molecule has 0 saturated heterocycles. The molecule has 0 aliphatic rings. The Morgan fingerprint density at radius 3 is 2.69 bits per heavy atom. The molecule has 2 N–H and O–H groups in total. The van der Waals surface area contributed by atoms with Crippen LogP contribution in [0.3, 0.4) is 0 Å². The van der Waals surface area contributed by atoms with Crippen LogP contribution in [-0.2, 0) is 4.79 Å². The summed E-state index contributed by atoms with van der Waals surface area (Å²) in [6.45, 7) is -0.179. The van der Waals surface area contributed by atoms with Crippen molar-refractivity contribution in [2.24, 2.45) is 5.10 Å². The maximum absolute atomic E-state index is 12.1. The van der Waals surface area contributed by atoms with E-state index in [0.717, 1.165) is 9.77 Å². The fourth-order valence-electron chi connectivity index (χ4n) is 2.54. The molecule has 2 aromatic carbocycles. The number of ether oxygens (including phenoxy) is 2. The maximum atomic E-state index is 12.1. The van der Waals surface area contributed by atoms with E-state index in [4.69, 9.17) is 9.47 Å². The smallest absolute Gasteiger partial charge is 0.287 e. The van der Waals surface area contributed by atoms with E-state index in [1.807, 2.05) is 24.3 Å². The van der Waals surface area contributed by atoms with Crippen molar-refractivity contribution < 1.29 is 19.2 Å². The van der Waals surface area contributed by atoms with Gasteiger partial charge in [-0.1, -0.05) is 18.2 Å². The third-order valence-electron chi connectivity index (χ3n) is 4.01. The summed E-state index contributed by atoms with van der Waals surface area (Å²) in [5, 5.41) is 17.5. The molecule has 1 heterocycles. The SMILES string of the molecule is COc1cc(/C=N/Nc2ccc([N+](=O)[O-])cn2)cc(I)c1OCC(=O)Nc1ccccc1. The summed E-state index contributed by atoms with van der Waals surface area (Å²) in [5.41, 5.74) is 3.99. The minimum Gasteiger partial charge on any atom is -0.493 e. The van der Waals surface area contributed by atoms with Crippen LogP contribution in [0.2, 0.25) is 0 Å². The van der Waals surface area contributed by atoms with E-state index in [1.165, 1.54) is 19.2 Å². The van der Waals surface area contributed by atoms with Gasteiger partial charge in [0, 0.05) is 11.8 Å². The summed E-state index contributed by atoms with van der Waals surface area (Å²) in [4.78, 5) is 26.2. The van der Waals surface area contributed by atoms with Gasteiger partial charge in [-0.2, -0.15) is 5.10 Å². The van der Waals surface area contributed by atoms with Crippen molar-refractivity contribution in [1.82, 2.24) is 4.98 Å². The molecule has 164 valence electrons. The van der Waals surface area contributed by atoms with Crippen LogP contribution in [-0.4, -0.2) is 35.7 Å². The molecule has 32 heavy (non-hydrogen) atoms. The Bertz CT molecular complexity index is 1120. The molecule has 3 aromatic rings. The molecule has 0 radical (unpaired) electrons. The lowest BCUT2D eigenvalue weighted by atomic mass is 10.2. The fourth-order valence-corrected chi connectivity index (χ4v) is 3.32. The minimum absolute atomic E-state index is 0.105. The Morgan fingerprint density at radius 2 is 2.03 bits per heavy atom. The van der Waals surface area contributed by atoms with Gasteiger partial charge in [-0.3, -0.25) is 20.3 Å². The number of aromatic nitrogens is 1. The zero-order valence-corrected chi connectivity index (χ0v) is 19.0. The van der Waals surface area contributed by atoms with Crippen LogP contribution < -0.4 is 20.2 Å². The van der Waals surface area contributed by atoms with Crippen molar-refractivity contribution in [2.45, 2.75) is 0 Å². The second-order valence-electron chi connectivity index (χ2n) is 6.27. The number of halogens is 1. The number of anilines is 2. The van der Waals surface area contributed by atoms with Crippen molar-refractivity contribution in [2.75, 3.05) is 24.5 Å². The number of carbonyl (C=O) groups excluding carboxylic acids is 1. The third kappa shape index (κ3) is 6.38. The Kier molecular flexibility index (Phi) is 7.91. The molecule has 0 aliphatic carbocycles. The molecule has 0 bridgehead atoms. The number of nitro groups is 1. The van der Waals surface area contributed by atoms with E-state index in [9.17, 15) is 14.9 Å². The molecule has 1 aromatic heterocycles. The van der Waals surface area contributed by atoms with Crippen LogP contribution >= 0.6 is 22.6 Å². The zero-order valence-electron chi connectivity index (χ0n) is 16.8. The Morgan fingerprint density at radius 1 is 1.25 bits per heavy atom. The maximum Gasteiger partial charge on any atom is 0.287 e. The number of para-hydroxylation sites is 1. The number of amides is 1. The number of pyridine rings is 1. The number of hydrogen-bond donors (Lipinski definition) is 2. The summed E-state index contributed by atoms with van der Waals surface area (Å²) < 4.78 is 11.8. The van der Waals surface area contributed by atoms with Gasteiger partial charge in [-0.25, -0.2) is 4.98 Å². The second kappa shape index (κ2) is 11.0. The van der Waals surface area contributed by atoms with Crippen LogP contribution in [0.4, 0.5) is 17.2 Å². The molecule has 11 heteroatoms. The van der Waals surface area contributed by atoms with E-state index < -0.39 is 4.92 Å². The number of methoxy groups -OCH3 is 1. The molecule has 0 unspecified atom stereocenters. The Hall–Kier alpha value is -3.74. The largest absolute Gasteiger partial charge is 0.493 e. The van der Waals surface area contributed by atoms with Crippen molar-refractivity contribution in [1.29, 1.82) is 0 Å². The Balaban J connectivity index is 1.63. The van der Waals surface area contributed by atoms with E-state index in [0.29, 0.717) is 28.6 Å². The lowest BCUT2D eigenvalue weighted by Gasteiger charge is -2.13. The molecular weight excluding hydrogens is 529 g/mol. The van der Waals surface area contributed by atoms with Gasteiger partial charge in [0.25, 0.3) is 11.6 Å². The second-order valence-corrected chi connectivity index (χ2v) is 7.43. The predicted molar refractivity (Wildman–Crippen MR) is 128 cm³/mol. The fraction of sp³-hybridized carbons (Fsp3) is 0.0952. The van der Waals surface area contributed by atoms with Gasteiger partial charge in [-0.05, 0) is 58.5 Å². The molecule has 3 rings (SSSR count). The van der Waals surface area contributed by atoms with Gasteiger partial charge in [0.15, 0.2) is 18.1 Å².